The average molecular weight is 280 g/mol. The number of hydrogen-bond donors (Lipinski definition) is 2. The summed E-state index contributed by atoms with van der Waals surface area (Å²) in [5, 5.41) is 2.76. The maximum absolute atomic E-state index is 13.7. The summed E-state index contributed by atoms with van der Waals surface area (Å²) in [5.74, 6) is -0.562. The molecule has 3 nitrogen and oxygen atoms in total. The predicted molar refractivity (Wildman–Crippen MR) is 77.5 cm³/mol. The minimum Gasteiger partial charge on any atom is -0.389 e. The van der Waals surface area contributed by atoms with Crippen molar-refractivity contribution in [3.05, 3.63) is 29.6 Å². The van der Waals surface area contributed by atoms with E-state index in [1.165, 1.54) is 18.6 Å². The fraction of sp³-hybridized carbons (Fsp3) is 0.429. The maximum atomic E-state index is 13.7. The molecule has 0 atom stereocenters. The van der Waals surface area contributed by atoms with E-state index < -0.39 is 5.82 Å². The lowest BCUT2D eigenvalue weighted by Gasteiger charge is -2.21. The van der Waals surface area contributed by atoms with Crippen LogP contribution in [0.3, 0.4) is 0 Å². The first kappa shape index (κ1) is 13.9. The zero-order valence-corrected chi connectivity index (χ0v) is 11.4. The summed E-state index contributed by atoms with van der Waals surface area (Å²) in [6, 6.07) is 4.44. The fourth-order valence-electron chi connectivity index (χ4n) is 2.48. The first-order valence-electron chi connectivity index (χ1n) is 6.49. The smallest absolute Gasteiger partial charge is 0.227 e. The highest BCUT2D eigenvalue weighted by Crippen LogP contribution is 2.26. The number of nitrogens with one attached hydrogen (secondary N) is 1. The molecule has 0 spiro atoms. The van der Waals surface area contributed by atoms with E-state index in [2.05, 4.69) is 5.32 Å². The quantitative estimate of drug-likeness (QED) is 0.837. The van der Waals surface area contributed by atoms with Gasteiger partial charge in [-0.05, 0) is 25.0 Å². The second-order valence-corrected chi connectivity index (χ2v) is 5.29. The Labute approximate surface area is 117 Å². The summed E-state index contributed by atoms with van der Waals surface area (Å²) in [5.41, 5.74) is 5.99. The molecule has 1 aromatic rings. The van der Waals surface area contributed by atoms with Gasteiger partial charge in [0.05, 0.1) is 11.3 Å². The largest absolute Gasteiger partial charge is 0.389 e. The minimum absolute atomic E-state index is 0.0104. The predicted octanol–water partition coefficient (Wildman–Crippen LogP) is 2.98. The summed E-state index contributed by atoms with van der Waals surface area (Å²) < 4.78 is 13.7. The van der Waals surface area contributed by atoms with Crippen LogP contribution >= 0.6 is 12.2 Å². The number of benzene rings is 1. The zero-order valence-electron chi connectivity index (χ0n) is 10.6. The Hall–Kier alpha value is -1.49. The number of rotatable bonds is 3. The molecule has 1 aliphatic carbocycles. The van der Waals surface area contributed by atoms with Gasteiger partial charge in [-0.1, -0.05) is 37.5 Å². The molecule has 0 unspecified atom stereocenters. The molecular weight excluding hydrogens is 263 g/mol. The summed E-state index contributed by atoms with van der Waals surface area (Å²) in [6.07, 6.45) is 5.11. The second-order valence-electron chi connectivity index (χ2n) is 4.85. The van der Waals surface area contributed by atoms with E-state index in [-0.39, 0.29) is 22.4 Å². The Balaban J connectivity index is 2.16. The molecule has 5 heteroatoms. The molecule has 19 heavy (non-hydrogen) atoms. The van der Waals surface area contributed by atoms with Crippen LogP contribution in [0, 0.1) is 11.7 Å². The van der Waals surface area contributed by atoms with Crippen LogP contribution in [-0.2, 0) is 4.79 Å². The highest BCUT2D eigenvalue weighted by molar-refractivity contribution is 7.80. The Kier molecular flexibility index (Phi) is 4.47. The van der Waals surface area contributed by atoms with Gasteiger partial charge in [0.2, 0.25) is 5.91 Å². The molecule has 0 aromatic heterocycles. The topological polar surface area (TPSA) is 55.1 Å². The zero-order chi connectivity index (χ0) is 13.8. The van der Waals surface area contributed by atoms with Crippen molar-refractivity contribution in [2.45, 2.75) is 32.1 Å². The number of nitrogens with two attached hydrogens (primary N) is 1. The third-order valence-corrected chi connectivity index (χ3v) is 3.70. The van der Waals surface area contributed by atoms with Crippen LogP contribution in [-0.4, -0.2) is 10.9 Å². The van der Waals surface area contributed by atoms with Gasteiger partial charge < -0.3 is 11.1 Å². The highest BCUT2D eigenvalue weighted by Gasteiger charge is 2.22. The van der Waals surface area contributed by atoms with Crippen LogP contribution in [0.5, 0.6) is 0 Å². The number of carbonyl (C=O) groups is 1. The highest BCUT2D eigenvalue weighted by atomic mass is 32.1. The van der Waals surface area contributed by atoms with Crippen LogP contribution in [0.4, 0.5) is 10.1 Å². The van der Waals surface area contributed by atoms with E-state index in [1.54, 1.807) is 6.07 Å². The van der Waals surface area contributed by atoms with E-state index in [0.29, 0.717) is 5.69 Å². The molecule has 102 valence electrons. The molecule has 0 bridgehead atoms. The van der Waals surface area contributed by atoms with E-state index in [4.69, 9.17) is 18.0 Å². The number of carbonyl (C=O) groups excluding carboxylic acids is 1. The van der Waals surface area contributed by atoms with E-state index in [1.807, 2.05) is 0 Å². The Morgan fingerprint density at radius 3 is 2.63 bits per heavy atom. The molecule has 0 aliphatic heterocycles. The van der Waals surface area contributed by atoms with E-state index in [9.17, 15) is 9.18 Å². The van der Waals surface area contributed by atoms with Gasteiger partial charge in [0, 0.05) is 5.92 Å². The molecule has 1 saturated carbocycles. The number of thiocarbonyl (C=S) groups is 1. The molecule has 0 radical (unpaired) electrons. The van der Waals surface area contributed by atoms with Crippen LogP contribution in [0.15, 0.2) is 18.2 Å². The lowest BCUT2D eigenvalue weighted by Crippen LogP contribution is -2.26. The minimum atomic E-state index is -0.506. The van der Waals surface area contributed by atoms with Crippen molar-refractivity contribution in [3.63, 3.8) is 0 Å². The Bertz CT molecular complexity index is 498. The molecule has 1 amide bonds. The molecule has 1 aromatic carbocycles. The molecule has 0 heterocycles. The summed E-state index contributed by atoms with van der Waals surface area (Å²) in [7, 11) is 0. The van der Waals surface area contributed by atoms with Crippen molar-refractivity contribution in [3.8, 4) is 0 Å². The van der Waals surface area contributed by atoms with Gasteiger partial charge in [-0.3, -0.25) is 4.79 Å². The van der Waals surface area contributed by atoms with Gasteiger partial charge in [-0.25, -0.2) is 4.39 Å². The van der Waals surface area contributed by atoms with Gasteiger partial charge in [0.25, 0.3) is 0 Å². The van der Waals surface area contributed by atoms with Crippen molar-refractivity contribution in [2.24, 2.45) is 11.7 Å². The lowest BCUT2D eigenvalue weighted by molar-refractivity contribution is -0.120. The molecule has 1 fully saturated rings. The molecule has 2 rings (SSSR count). The van der Waals surface area contributed by atoms with E-state index >= 15 is 0 Å². The van der Waals surface area contributed by atoms with Crippen LogP contribution in [0.25, 0.3) is 0 Å². The molecular formula is C14H17FN2OS. The van der Waals surface area contributed by atoms with Crippen molar-refractivity contribution in [1.82, 2.24) is 0 Å². The van der Waals surface area contributed by atoms with Gasteiger partial charge in [-0.15, -0.1) is 0 Å². The van der Waals surface area contributed by atoms with Crippen molar-refractivity contribution < 1.29 is 9.18 Å². The van der Waals surface area contributed by atoms with Gasteiger partial charge >= 0.3 is 0 Å². The number of hydrogen-bond acceptors (Lipinski definition) is 2. The number of halogens is 1. The Morgan fingerprint density at radius 1 is 1.32 bits per heavy atom. The van der Waals surface area contributed by atoms with Gasteiger partial charge in [0.15, 0.2) is 0 Å². The number of anilines is 1. The van der Waals surface area contributed by atoms with Crippen LogP contribution < -0.4 is 11.1 Å². The van der Waals surface area contributed by atoms with Crippen molar-refractivity contribution in [2.75, 3.05) is 5.32 Å². The molecule has 3 N–H and O–H groups in total. The third kappa shape index (κ3) is 3.29. The molecule has 0 saturated heterocycles. The van der Waals surface area contributed by atoms with Gasteiger partial charge in [-0.2, -0.15) is 0 Å². The van der Waals surface area contributed by atoms with Crippen LogP contribution in [0.2, 0.25) is 0 Å². The number of amides is 1. The van der Waals surface area contributed by atoms with Gasteiger partial charge in [0.1, 0.15) is 10.8 Å². The summed E-state index contributed by atoms with van der Waals surface area (Å²) in [6.45, 7) is 0. The van der Waals surface area contributed by atoms with E-state index in [0.717, 1.165) is 25.7 Å². The Morgan fingerprint density at radius 2 is 2.00 bits per heavy atom. The third-order valence-electron chi connectivity index (χ3n) is 3.49. The van der Waals surface area contributed by atoms with Crippen molar-refractivity contribution in [1.29, 1.82) is 0 Å². The SMILES string of the molecule is NC(=S)c1c(F)cccc1NC(=O)C1CCCCC1. The summed E-state index contributed by atoms with van der Waals surface area (Å²) >= 11 is 4.83. The summed E-state index contributed by atoms with van der Waals surface area (Å²) in [4.78, 5) is 12.1. The van der Waals surface area contributed by atoms with Crippen molar-refractivity contribution >= 4 is 28.8 Å². The maximum Gasteiger partial charge on any atom is 0.227 e. The monoisotopic (exact) mass is 280 g/mol. The van der Waals surface area contributed by atoms with Crippen LogP contribution in [0.1, 0.15) is 37.7 Å². The first-order chi connectivity index (χ1) is 9.09. The first-order valence-corrected chi connectivity index (χ1v) is 6.89. The fourth-order valence-corrected chi connectivity index (χ4v) is 2.69. The average Bonchev–Trinajstić information content (AvgIpc) is 2.39. The normalized spacial score (nSPS) is 16.1. The lowest BCUT2D eigenvalue weighted by atomic mass is 9.88. The molecule has 1 aliphatic rings. The standard InChI is InChI=1S/C14H17FN2OS/c15-10-7-4-8-11(12(10)13(16)19)17-14(18)9-5-2-1-3-6-9/h4,7-9H,1-3,5-6H2,(H2,16,19)(H,17,18). The second kappa shape index (κ2) is 6.10.